The molecule has 6 heteroatoms. The van der Waals surface area contributed by atoms with Gasteiger partial charge in [0.25, 0.3) is 0 Å². The highest BCUT2D eigenvalue weighted by Gasteiger charge is 2.48. The maximum absolute atomic E-state index is 14.3. The fourth-order valence-electron chi connectivity index (χ4n) is 5.28. The summed E-state index contributed by atoms with van der Waals surface area (Å²) in [6.07, 6.45) is 4.98. The van der Waals surface area contributed by atoms with Crippen molar-refractivity contribution in [1.29, 1.82) is 0 Å². The van der Waals surface area contributed by atoms with Crippen molar-refractivity contribution in [2.24, 2.45) is 23.7 Å². The number of hydrazine groups is 1. The topological polar surface area (TPSA) is 65.2 Å². The maximum atomic E-state index is 14.3. The third-order valence-corrected chi connectivity index (χ3v) is 7.09. The van der Waals surface area contributed by atoms with Crippen LogP contribution in [0.3, 0.4) is 0 Å². The van der Waals surface area contributed by atoms with E-state index in [1.165, 1.54) is 12.8 Å². The molecule has 0 aromatic heterocycles. The van der Waals surface area contributed by atoms with Crippen LogP contribution < -0.4 is 21.5 Å². The molecule has 2 aliphatic carbocycles. The molecule has 2 saturated carbocycles. The summed E-state index contributed by atoms with van der Waals surface area (Å²) in [4.78, 5) is 12.9. The van der Waals surface area contributed by atoms with Crippen molar-refractivity contribution in [2.75, 3.05) is 6.54 Å². The van der Waals surface area contributed by atoms with Crippen molar-refractivity contribution >= 4 is 5.91 Å². The van der Waals surface area contributed by atoms with E-state index in [1.807, 2.05) is 0 Å². The monoisotopic (exact) mass is 352 g/mol. The highest BCUT2D eigenvalue weighted by atomic mass is 19.1. The molecule has 4 aliphatic rings. The van der Waals surface area contributed by atoms with Crippen LogP contribution in [0.25, 0.3) is 0 Å². The van der Waals surface area contributed by atoms with Crippen LogP contribution >= 0.6 is 0 Å². The molecule has 4 rings (SSSR count). The largest absolute Gasteiger partial charge is 0.350 e. The van der Waals surface area contributed by atoms with Crippen LogP contribution in [0, 0.1) is 23.7 Å². The summed E-state index contributed by atoms with van der Waals surface area (Å²) in [6, 6.07) is 0.384. The van der Waals surface area contributed by atoms with E-state index >= 15 is 0 Å². The number of amides is 1. The van der Waals surface area contributed by atoms with Crippen LogP contribution in [-0.2, 0) is 4.79 Å². The molecule has 5 nitrogen and oxygen atoms in total. The van der Waals surface area contributed by atoms with E-state index in [4.69, 9.17) is 0 Å². The van der Waals surface area contributed by atoms with Gasteiger partial charge in [0.1, 0.15) is 6.17 Å². The van der Waals surface area contributed by atoms with E-state index in [0.717, 1.165) is 19.4 Å². The zero-order valence-corrected chi connectivity index (χ0v) is 15.4. The van der Waals surface area contributed by atoms with Gasteiger partial charge in [-0.3, -0.25) is 15.6 Å². The van der Waals surface area contributed by atoms with Gasteiger partial charge in [-0.1, -0.05) is 13.8 Å². The summed E-state index contributed by atoms with van der Waals surface area (Å²) in [5.74, 6) is 1.66. The average Bonchev–Trinajstić information content (AvgIpc) is 3.33. The Morgan fingerprint density at radius 2 is 1.92 bits per heavy atom. The Morgan fingerprint density at radius 3 is 2.60 bits per heavy atom. The predicted molar refractivity (Wildman–Crippen MR) is 95.5 cm³/mol. The smallest absolute Gasteiger partial charge is 0.237 e. The molecular weight excluding hydrogens is 319 g/mol. The molecule has 4 fully saturated rings. The minimum absolute atomic E-state index is 0.00673. The Bertz CT molecular complexity index is 482. The molecule has 25 heavy (non-hydrogen) atoms. The Kier molecular flexibility index (Phi) is 5.04. The molecule has 2 saturated heterocycles. The number of fused-ring (bicyclic) bond motifs is 1. The van der Waals surface area contributed by atoms with Crippen molar-refractivity contribution in [3.05, 3.63) is 0 Å². The van der Waals surface area contributed by atoms with Gasteiger partial charge in [-0.2, -0.15) is 0 Å². The van der Waals surface area contributed by atoms with Gasteiger partial charge in [0.05, 0.1) is 6.04 Å². The molecule has 142 valence electrons. The summed E-state index contributed by atoms with van der Waals surface area (Å²) < 4.78 is 14.3. The first kappa shape index (κ1) is 17.7. The second-order valence-electron chi connectivity index (χ2n) is 8.95. The number of nitrogens with one attached hydrogen (secondary N) is 4. The molecule has 2 heterocycles. The van der Waals surface area contributed by atoms with E-state index in [1.54, 1.807) is 0 Å². The number of halogens is 1. The van der Waals surface area contributed by atoms with E-state index in [2.05, 4.69) is 35.3 Å². The fraction of sp³-hybridized carbons (Fsp3) is 0.947. The summed E-state index contributed by atoms with van der Waals surface area (Å²) in [5.41, 5.74) is 6.66. The normalized spacial score (nSPS) is 45.6. The van der Waals surface area contributed by atoms with E-state index < -0.39 is 6.17 Å². The van der Waals surface area contributed by atoms with Crippen LogP contribution in [0.1, 0.15) is 52.4 Å². The Hall–Kier alpha value is -0.720. The van der Waals surface area contributed by atoms with Crippen molar-refractivity contribution in [1.82, 2.24) is 21.5 Å². The van der Waals surface area contributed by atoms with Gasteiger partial charge in [0, 0.05) is 30.6 Å². The van der Waals surface area contributed by atoms with Crippen LogP contribution in [0.5, 0.6) is 0 Å². The average molecular weight is 352 g/mol. The molecule has 0 aromatic carbocycles. The van der Waals surface area contributed by atoms with E-state index in [-0.39, 0.29) is 36.0 Å². The van der Waals surface area contributed by atoms with Crippen molar-refractivity contribution < 1.29 is 9.18 Å². The van der Waals surface area contributed by atoms with Crippen LogP contribution in [0.4, 0.5) is 4.39 Å². The third-order valence-electron chi connectivity index (χ3n) is 7.09. The van der Waals surface area contributed by atoms with E-state index in [9.17, 15) is 9.18 Å². The van der Waals surface area contributed by atoms with E-state index in [0.29, 0.717) is 30.6 Å². The van der Waals surface area contributed by atoms with Crippen LogP contribution in [0.2, 0.25) is 0 Å². The maximum Gasteiger partial charge on any atom is 0.237 e. The zero-order chi connectivity index (χ0) is 17.6. The number of hydrogen-bond donors (Lipinski definition) is 4. The van der Waals surface area contributed by atoms with Gasteiger partial charge < -0.3 is 10.6 Å². The van der Waals surface area contributed by atoms with Crippen LogP contribution in [0.15, 0.2) is 0 Å². The highest BCUT2D eigenvalue weighted by Crippen LogP contribution is 2.39. The lowest BCUT2D eigenvalue weighted by atomic mass is 9.77. The number of rotatable bonds is 4. The Balaban J connectivity index is 1.40. The predicted octanol–water partition coefficient (Wildman–Crippen LogP) is 1.50. The van der Waals surface area contributed by atoms with Gasteiger partial charge in [-0.15, -0.1) is 0 Å². The third kappa shape index (κ3) is 3.58. The second kappa shape index (κ2) is 7.12. The minimum Gasteiger partial charge on any atom is -0.350 e. The first-order valence-electron chi connectivity index (χ1n) is 10.2. The van der Waals surface area contributed by atoms with Gasteiger partial charge in [0.15, 0.2) is 0 Å². The summed E-state index contributed by atoms with van der Waals surface area (Å²) >= 11 is 0. The first-order valence-corrected chi connectivity index (χ1v) is 10.2. The number of carbonyl (C=O) groups is 1. The van der Waals surface area contributed by atoms with Crippen LogP contribution in [-0.4, -0.2) is 42.8 Å². The minimum atomic E-state index is -0.755. The highest BCUT2D eigenvalue weighted by molar-refractivity contribution is 5.82. The van der Waals surface area contributed by atoms with Crippen molar-refractivity contribution in [3.8, 4) is 0 Å². The lowest BCUT2D eigenvalue weighted by Crippen LogP contribution is -2.62. The Labute approximate surface area is 150 Å². The SMILES string of the molecule is CC1CCC(F)C2CC(C(=O)NC(C3CC3)C3NNCCC3C)NC12. The molecule has 4 N–H and O–H groups in total. The van der Waals surface area contributed by atoms with Gasteiger partial charge in [-0.25, -0.2) is 4.39 Å². The molecule has 0 spiro atoms. The molecule has 8 atom stereocenters. The molecule has 2 aliphatic heterocycles. The fourth-order valence-corrected chi connectivity index (χ4v) is 5.28. The molecule has 8 unspecified atom stereocenters. The summed E-state index contributed by atoms with van der Waals surface area (Å²) in [7, 11) is 0. The summed E-state index contributed by atoms with van der Waals surface area (Å²) in [6.45, 7) is 5.42. The second-order valence-corrected chi connectivity index (χ2v) is 8.95. The van der Waals surface area contributed by atoms with Gasteiger partial charge in [0.2, 0.25) is 5.91 Å². The molecule has 1 amide bonds. The number of alkyl halides is 1. The molecule has 0 radical (unpaired) electrons. The lowest BCUT2D eigenvalue weighted by Gasteiger charge is -2.37. The number of carbonyl (C=O) groups excluding carboxylic acids is 1. The number of hydrogen-bond acceptors (Lipinski definition) is 4. The standard InChI is InChI=1S/C19H33FN4O/c1-10-3-6-14(20)13-9-15(22-16(10)13)19(25)23-18(12-4-5-12)17-11(2)7-8-21-24-17/h10-18,21-22,24H,3-9H2,1-2H3,(H,23,25). The Morgan fingerprint density at radius 1 is 1.12 bits per heavy atom. The molecule has 0 bridgehead atoms. The summed E-state index contributed by atoms with van der Waals surface area (Å²) in [5, 5.41) is 6.80. The first-order chi connectivity index (χ1) is 12.0. The molecule has 0 aromatic rings. The van der Waals surface area contributed by atoms with Crippen molar-refractivity contribution in [2.45, 2.75) is 82.7 Å². The van der Waals surface area contributed by atoms with Gasteiger partial charge >= 0.3 is 0 Å². The quantitative estimate of drug-likeness (QED) is 0.619. The van der Waals surface area contributed by atoms with Gasteiger partial charge in [-0.05, 0) is 56.3 Å². The lowest BCUT2D eigenvalue weighted by molar-refractivity contribution is -0.124. The van der Waals surface area contributed by atoms with Crippen molar-refractivity contribution in [3.63, 3.8) is 0 Å². The molecular formula is C19H33FN4O. The zero-order valence-electron chi connectivity index (χ0n) is 15.4.